The molecule has 4 heterocycles. The van der Waals surface area contributed by atoms with E-state index in [4.69, 9.17) is 20.6 Å². The summed E-state index contributed by atoms with van der Waals surface area (Å²) in [5, 5.41) is 34.1. The Labute approximate surface area is 399 Å². The summed E-state index contributed by atoms with van der Waals surface area (Å²) < 4.78 is 22.1. The lowest BCUT2D eigenvalue weighted by molar-refractivity contribution is -0.172. The number of carboxylic acid groups (broad SMARTS) is 1. The number of nitrogens with two attached hydrogens (primary N) is 1. The molecule has 0 unspecified atom stereocenters. The minimum Gasteiger partial charge on any atom is -0.481 e. The number of carbonyl (C=O) groups excluding carboxylic acids is 7. The third kappa shape index (κ3) is 10.5. The number of aliphatic carboxylic acids is 1. The number of pyridine rings is 2. The fraction of sp³-hybridized carbons (Fsp3) is 0.417. The van der Waals surface area contributed by atoms with Crippen molar-refractivity contribution in [1.82, 2.24) is 41.0 Å². The van der Waals surface area contributed by atoms with Gasteiger partial charge in [-0.15, -0.1) is 0 Å². The summed E-state index contributed by atoms with van der Waals surface area (Å²) in [6, 6.07) is 8.55. The molecule has 370 valence electrons. The van der Waals surface area contributed by atoms with Gasteiger partial charge < -0.3 is 56.7 Å². The van der Waals surface area contributed by atoms with Crippen molar-refractivity contribution in [2.75, 3.05) is 33.2 Å². The van der Waals surface area contributed by atoms with Gasteiger partial charge in [0.05, 0.1) is 67.2 Å². The topological polar surface area (TPSA) is 311 Å². The van der Waals surface area contributed by atoms with Crippen molar-refractivity contribution in [3.63, 3.8) is 0 Å². The van der Waals surface area contributed by atoms with Crippen LogP contribution in [0.1, 0.15) is 84.0 Å². The number of halogens is 1. The van der Waals surface area contributed by atoms with Crippen LogP contribution in [0.2, 0.25) is 0 Å². The molecule has 0 radical (unpaired) electrons. The van der Waals surface area contributed by atoms with Crippen LogP contribution in [0.3, 0.4) is 0 Å². The maximum absolute atomic E-state index is 15.4. The smallest absolute Gasteiger partial charge is 0.343 e. The van der Waals surface area contributed by atoms with Gasteiger partial charge in [0, 0.05) is 49.0 Å². The van der Waals surface area contributed by atoms with Gasteiger partial charge in [0.25, 0.3) is 5.56 Å². The van der Waals surface area contributed by atoms with Gasteiger partial charge >= 0.3 is 11.9 Å². The first-order valence-corrected chi connectivity index (χ1v) is 22.8. The highest BCUT2D eigenvalue weighted by molar-refractivity contribution is 5.95. The van der Waals surface area contributed by atoms with Gasteiger partial charge in [0.15, 0.2) is 5.60 Å². The quantitative estimate of drug-likeness (QED) is 0.0391. The second kappa shape index (κ2) is 21.0. The first-order chi connectivity index (χ1) is 33.3. The maximum Gasteiger partial charge on any atom is 0.343 e. The van der Waals surface area contributed by atoms with Crippen LogP contribution in [0.4, 0.5) is 4.39 Å². The zero-order chi connectivity index (χ0) is 50.6. The minimum atomic E-state index is -2.04. The average Bonchev–Trinajstić information content (AvgIpc) is 3.70. The summed E-state index contributed by atoms with van der Waals surface area (Å²) in [5.41, 5.74) is 7.67. The summed E-state index contributed by atoms with van der Waals surface area (Å²) in [4.78, 5) is 121. The molecule has 1 aliphatic carbocycles. The van der Waals surface area contributed by atoms with Crippen LogP contribution >= 0.6 is 0 Å². The Hall–Kier alpha value is -7.59. The number of aliphatic hydroxyl groups is 1. The summed E-state index contributed by atoms with van der Waals surface area (Å²) in [6.07, 6.45) is 0.424. The predicted molar refractivity (Wildman–Crippen MR) is 247 cm³/mol. The lowest BCUT2D eigenvalue weighted by atomic mass is 9.81. The molecule has 0 saturated carbocycles. The number of benzene rings is 2. The standard InChI is InChI=1S/C48H54FN9O12/c1-4-48(69)29-16-35-43-27(21-58(35)45(66)28(29)23-70-47(48)68)42-32(13-12-26-24(2)30(49)17-33(56-43)41(26)42)54-36(59)11-8-14-51-37(60)19-53-44(65)34(15-25-9-6-5-7-10-25)55-38(61)20-52-39(62)22-57(3)46(67)31(50)18-40(63)64/h5-7,9-10,16-17,31-32,34,69H,4,8,11-15,18-23,50H2,1-3H3,(H,51,60)(H,52,62)(H,53,65)(H,54,59)(H,55,61)(H,63,64)/t31-,32-,34-,48-/m0/s1. The number of carbonyl (C=O) groups is 8. The highest BCUT2D eigenvalue weighted by Gasteiger charge is 2.46. The summed E-state index contributed by atoms with van der Waals surface area (Å²) in [6.45, 7) is 1.58. The van der Waals surface area contributed by atoms with Crippen LogP contribution in [-0.4, -0.2) is 117 Å². The van der Waals surface area contributed by atoms with E-state index in [9.17, 15) is 48.3 Å². The molecule has 4 atom stereocenters. The molecule has 4 aromatic rings. The molecule has 0 bridgehead atoms. The second-order valence-electron chi connectivity index (χ2n) is 17.6. The number of hydrogen-bond acceptors (Lipinski definition) is 13. The van der Waals surface area contributed by atoms with E-state index >= 15 is 4.39 Å². The lowest BCUT2D eigenvalue weighted by Crippen LogP contribution is -2.52. The van der Waals surface area contributed by atoms with E-state index in [1.165, 1.54) is 17.7 Å². The molecule has 7 rings (SSSR count). The van der Waals surface area contributed by atoms with E-state index in [-0.39, 0.29) is 62.4 Å². The number of cyclic esters (lactones) is 1. The minimum absolute atomic E-state index is 0.00251. The molecule has 21 nitrogen and oxygen atoms in total. The number of nitrogens with zero attached hydrogens (tertiary/aromatic N) is 3. The third-order valence-electron chi connectivity index (χ3n) is 12.9. The fourth-order valence-electron chi connectivity index (χ4n) is 9.19. The first-order valence-electron chi connectivity index (χ1n) is 22.8. The Balaban J connectivity index is 0.942. The Morgan fingerprint density at radius 1 is 0.986 bits per heavy atom. The van der Waals surface area contributed by atoms with E-state index in [0.717, 1.165) is 10.5 Å². The van der Waals surface area contributed by atoms with Crippen LogP contribution < -0.4 is 37.9 Å². The SMILES string of the molecule is CC[C@@]1(O)C(=O)OCc2c1cc1n(c2=O)Cc2c-1nc1cc(F)c(C)c3c1c2[C@@H](NC(=O)CCCNC(=O)CNC(=O)[C@H](Cc1ccccc1)NC(=O)CNC(=O)CN(C)C(=O)[C@@H](N)CC(=O)O)CC3. The largest absolute Gasteiger partial charge is 0.481 e. The van der Waals surface area contributed by atoms with Crippen molar-refractivity contribution in [2.45, 2.75) is 95.7 Å². The van der Waals surface area contributed by atoms with Crippen molar-refractivity contribution in [1.29, 1.82) is 0 Å². The van der Waals surface area contributed by atoms with E-state index in [0.29, 0.717) is 57.4 Å². The summed E-state index contributed by atoms with van der Waals surface area (Å²) in [5.74, 6) is -6.48. The number of amides is 6. The maximum atomic E-state index is 15.4. The Bertz CT molecular complexity index is 2870. The van der Waals surface area contributed by atoms with E-state index in [2.05, 4.69) is 26.6 Å². The van der Waals surface area contributed by atoms with Crippen LogP contribution in [-0.2, 0) is 74.7 Å². The monoisotopic (exact) mass is 967 g/mol. The molecular formula is C48H54FN9O12. The molecule has 2 aromatic heterocycles. The molecule has 2 aliphatic heterocycles. The highest BCUT2D eigenvalue weighted by Crippen LogP contribution is 2.46. The molecule has 0 fully saturated rings. The fourth-order valence-corrected chi connectivity index (χ4v) is 9.19. The molecule has 70 heavy (non-hydrogen) atoms. The summed E-state index contributed by atoms with van der Waals surface area (Å²) in [7, 11) is 1.25. The van der Waals surface area contributed by atoms with Crippen molar-refractivity contribution in [2.24, 2.45) is 5.73 Å². The highest BCUT2D eigenvalue weighted by atomic mass is 19.1. The van der Waals surface area contributed by atoms with E-state index in [1.807, 2.05) is 0 Å². The van der Waals surface area contributed by atoms with Crippen molar-refractivity contribution in [3.05, 3.63) is 97.6 Å². The molecule has 9 N–H and O–H groups in total. The zero-order valence-electron chi connectivity index (χ0n) is 38.7. The van der Waals surface area contributed by atoms with Crippen LogP contribution in [0.25, 0.3) is 22.3 Å². The molecular weight excluding hydrogens is 914 g/mol. The third-order valence-corrected chi connectivity index (χ3v) is 12.9. The lowest BCUT2D eigenvalue weighted by Gasteiger charge is -2.31. The van der Waals surface area contributed by atoms with Gasteiger partial charge in [-0.3, -0.25) is 38.4 Å². The van der Waals surface area contributed by atoms with Crippen molar-refractivity contribution >= 4 is 58.3 Å². The van der Waals surface area contributed by atoms with Crippen molar-refractivity contribution < 1.29 is 57.7 Å². The number of carboxylic acids is 1. The number of aromatic nitrogens is 2. The number of ether oxygens (including phenoxy) is 1. The number of likely N-dealkylation sites (N-methyl/N-ethyl adjacent to an activating group) is 1. The normalized spacial score (nSPS) is 17.2. The average molecular weight is 968 g/mol. The van der Waals surface area contributed by atoms with Gasteiger partial charge in [-0.25, -0.2) is 14.2 Å². The van der Waals surface area contributed by atoms with Crippen LogP contribution in [0.15, 0.2) is 47.3 Å². The molecule has 2 aromatic carbocycles. The molecule has 0 spiro atoms. The molecule has 6 amide bonds. The Morgan fingerprint density at radius 2 is 1.71 bits per heavy atom. The number of fused-ring (bicyclic) bond motifs is 5. The first kappa shape index (κ1) is 50.3. The molecule has 0 saturated heterocycles. The molecule has 3 aliphatic rings. The van der Waals surface area contributed by atoms with Crippen molar-refractivity contribution in [3.8, 4) is 11.4 Å². The Morgan fingerprint density at radius 3 is 2.43 bits per heavy atom. The van der Waals surface area contributed by atoms with Gasteiger partial charge in [0.1, 0.15) is 18.5 Å². The number of esters is 1. The van der Waals surface area contributed by atoms with E-state index < -0.39 is 103 Å². The van der Waals surface area contributed by atoms with Crippen LogP contribution in [0.5, 0.6) is 0 Å². The number of rotatable bonds is 19. The molecule has 22 heteroatoms. The number of hydrogen-bond donors (Lipinski definition) is 8. The van der Waals surface area contributed by atoms with Gasteiger partial charge in [-0.05, 0) is 60.9 Å². The second-order valence-corrected chi connectivity index (χ2v) is 17.6. The summed E-state index contributed by atoms with van der Waals surface area (Å²) >= 11 is 0. The van der Waals surface area contributed by atoms with Gasteiger partial charge in [-0.2, -0.15) is 0 Å². The number of aryl methyl sites for hydroxylation is 1. The van der Waals surface area contributed by atoms with Crippen LogP contribution in [0, 0.1) is 12.7 Å². The number of nitrogens with one attached hydrogen (secondary N) is 5. The van der Waals surface area contributed by atoms with Gasteiger partial charge in [-0.1, -0.05) is 37.3 Å². The van der Waals surface area contributed by atoms with Gasteiger partial charge in [0.2, 0.25) is 35.4 Å². The zero-order valence-corrected chi connectivity index (χ0v) is 38.7. The van der Waals surface area contributed by atoms with E-state index in [1.54, 1.807) is 50.2 Å². The predicted octanol–water partition coefficient (Wildman–Crippen LogP) is -0.253. The Kier molecular flexibility index (Phi) is 15.1.